The van der Waals surface area contributed by atoms with E-state index >= 15 is 0 Å². The number of piperidine rings is 1. The van der Waals surface area contributed by atoms with E-state index < -0.39 is 5.91 Å². The molecule has 1 fully saturated rings. The summed E-state index contributed by atoms with van der Waals surface area (Å²) in [4.78, 5) is 31.2. The van der Waals surface area contributed by atoms with Gasteiger partial charge in [-0.15, -0.1) is 0 Å². The average Bonchev–Trinajstić information content (AvgIpc) is 2.85. The first kappa shape index (κ1) is 25.5. The molecule has 10 nitrogen and oxygen atoms in total. The van der Waals surface area contributed by atoms with Crippen LogP contribution in [0.25, 0.3) is 0 Å². The Morgan fingerprint density at radius 3 is 2.71 bits per heavy atom. The van der Waals surface area contributed by atoms with Crippen LogP contribution in [-0.2, 0) is 20.9 Å². The Kier molecular flexibility index (Phi) is 8.91. The summed E-state index contributed by atoms with van der Waals surface area (Å²) in [5.74, 6) is 0.0818. The van der Waals surface area contributed by atoms with Crippen molar-refractivity contribution in [3.63, 3.8) is 0 Å². The molecular formula is C23H29ClN4O6. The van der Waals surface area contributed by atoms with Crippen LogP contribution in [0.5, 0.6) is 11.6 Å². The van der Waals surface area contributed by atoms with E-state index in [9.17, 15) is 9.59 Å². The number of pyridine rings is 1. The number of aromatic nitrogens is 1. The third-order valence-electron chi connectivity index (χ3n) is 5.60. The molecule has 0 saturated carbocycles. The van der Waals surface area contributed by atoms with E-state index in [1.807, 2.05) is 29.2 Å². The molecule has 0 bridgehead atoms. The molecule has 1 aromatic heterocycles. The second kappa shape index (κ2) is 11.9. The minimum absolute atomic E-state index is 0.0794. The lowest BCUT2D eigenvalue weighted by atomic mass is 10.0. The number of nitrogens with two attached hydrogens (primary N) is 1. The van der Waals surface area contributed by atoms with Gasteiger partial charge in [-0.05, 0) is 18.6 Å². The van der Waals surface area contributed by atoms with Gasteiger partial charge in [-0.25, -0.2) is 0 Å². The third kappa shape index (κ3) is 6.28. The quantitative estimate of drug-likeness (QED) is 0.505. The number of benzene rings is 1. The first-order chi connectivity index (χ1) is 16.4. The second-order valence-electron chi connectivity index (χ2n) is 7.76. The first-order valence-electron chi connectivity index (χ1n) is 10.7. The Bertz CT molecular complexity index is 1020. The number of nitrogen functional groups attached to an aromatic ring is 1. The van der Waals surface area contributed by atoms with E-state index in [4.69, 9.17) is 36.3 Å². The van der Waals surface area contributed by atoms with Gasteiger partial charge in [0.2, 0.25) is 5.88 Å². The molecule has 0 radical (unpaired) electrons. The lowest BCUT2D eigenvalue weighted by molar-refractivity contribution is -0.147. The van der Waals surface area contributed by atoms with Gasteiger partial charge >= 0.3 is 5.97 Å². The number of hydrogen-bond donors (Lipinski definition) is 2. The Labute approximate surface area is 203 Å². The number of hydrogen-bond acceptors (Lipinski definition) is 9. The number of likely N-dealkylation sites (tertiary alicyclic amines) is 1. The van der Waals surface area contributed by atoms with Crippen molar-refractivity contribution < 1.29 is 28.5 Å². The van der Waals surface area contributed by atoms with Crippen LogP contribution < -0.4 is 20.5 Å². The smallest absolute Gasteiger partial charge is 0.320 e. The summed E-state index contributed by atoms with van der Waals surface area (Å²) in [6.45, 7) is 1.26. The van der Waals surface area contributed by atoms with Crippen molar-refractivity contribution in [1.29, 1.82) is 0 Å². The molecule has 184 valence electrons. The third-order valence-corrected chi connectivity index (χ3v) is 5.91. The SMILES string of the molecule is COc1ccccc1COC(=O)CN1CC[C@@H](NC(=O)c2cc(Cl)c(N)nc2OC)[C@@H](OC)C1. The minimum Gasteiger partial charge on any atom is -0.496 e. The lowest BCUT2D eigenvalue weighted by Crippen LogP contribution is -2.55. The van der Waals surface area contributed by atoms with Gasteiger partial charge in [0.15, 0.2) is 0 Å². The fourth-order valence-corrected chi connectivity index (χ4v) is 3.94. The zero-order chi connectivity index (χ0) is 24.7. The predicted octanol–water partition coefficient (Wildman–Crippen LogP) is 1.90. The van der Waals surface area contributed by atoms with Crippen molar-refractivity contribution in [1.82, 2.24) is 15.2 Å². The number of ether oxygens (including phenoxy) is 4. The van der Waals surface area contributed by atoms with Gasteiger partial charge < -0.3 is 30.0 Å². The molecule has 34 heavy (non-hydrogen) atoms. The molecule has 1 aliphatic rings. The van der Waals surface area contributed by atoms with Gasteiger partial charge in [0.1, 0.15) is 23.7 Å². The van der Waals surface area contributed by atoms with Crippen LogP contribution >= 0.6 is 11.6 Å². The van der Waals surface area contributed by atoms with Gasteiger partial charge in [0.25, 0.3) is 5.91 Å². The summed E-state index contributed by atoms with van der Waals surface area (Å²) in [5.41, 5.74) is 6.67. The summed E-state index contributed by atoms with van der Waals surface area (Å²) in [6.07, 6.45) is 0.241. The monoisotopic (exact) mass is 492 g/mol. The Morgan fingerprint density at radius 1 is 1.24 bits per heavy atom. The van der Waals surface area contributed by atoms with Crippen LogP contribution in [0.15, 0.2) is 30.3 Å². The maximum atomic E-state index is 12.9. The Balaban J connectivity index is 1.55. The van der Waals surface area contributed by atoms with Gasteiger partial charge in [0, 0.05) is 25.8 Å². The fraction of sp³-hybridized carbons (Fsp3) is 0.435. The zero-order valence-corrected chi connectivity index (χ0v) is 20.1. The highest BCUT2D eigenvalue weighted by Crippen LogP contribution is 2.25. The molecule has 0 unspecified atom stereocenters. The van der Waals surface area contributed by atoms with E-state index in [1.165, 1.54) is 13.2 Å². The average molecular weight is 493 g/mol. The van der Waals surface area contributed by atoms with Gasteiger partial charge in [0.05, 0.1) is 37.9 Å². The molecule has 2 heterocycles. The molecule has 1 aromatic carbocycles. The van der Waals surface area contributed by atoms with E-state index in [2.05, 4.69) is 10.3 Å². The number of halogens is 1. The summed E-state index contributed by atoms with van der Waals surface area (Å²) < 4.78 is 21.5. The first-order valence-corrected chi connectivity index (χ1v) is 11.1. The standard InChI is InChI=1S/C23H29ClN4O6/c1-31-18-7-5-4-6-14(18)13-34-20(29)12-28-9-8-17(19(11-28)32-2)26-22(30)15-10-16(24)21(25)27-23(15)33-3/h4-7,10,17,19H,8-9,11-13H2,1-3H3,(H2,25,27)(H,26,30)/t17-,19+/m1/s1. The summed E-state index contributed by atoms with van der Waals surface area (Å²) in [7, 11) is 4.54. The summed E-state index contributed by atoms with van der Waals surface area (Å²) in [5, 5.41) is 3.11. The molecule has 2 atom stereocenters. The van der Waals surface area contributed by atoms with Gasteiger partial charge in [-0.1, -0.05) is 29.8 Å². The number of carbonyl (C=O) groups excluding carboxylic acids is 2. The summed E-state index contributed by atoms with van der Waals surface area (Å²) >= 11 is 6.03. The highest BCUT2D eigenvalue weighted by atomic mass is 35.5. The van der Waals surface area contributed by atoms with Crippen LogP contribution in [0.4, 0.5) is 5.82 Å². The maximum absolute atomic E-state index is 12.9. The summed E-state index contributed by atoms with van der Waals surface area (Å²) in [6, 6.07) is 8.52. The number of nitrogens with zero attached hydrogens (tertiary/aromatic N) is 2. The van der Waals surface area contributed by atoms with Crippen molar-refractivity contribution in [2.75, 3.05) is 46.7 Å². The second-order valence-corrected chi connectivity index (χ2v) is 8.17. The van der Waals surface area contributed by atoms with Crippen molar-refractivity contribution >= 4 is 29.3 Å². The molecule has 1 saturated heterocycles. The number of methoxy groups -OCH3 is 3. The molecule has 2 aromatic rings. The van der Waals surface area contributed by atoms with E-state index in [1.54, 1.807) is 14.2 Å². The van der Waals surface area contributed by atoms with E-state index in [-0.39, 0.29) is 53.6 Å². The number of para-hydroxylation sites is 1. The topological polar surface area (TPSA) is 125 Å². The lowest BCUT2D eigenvalue weighted by Gasteiger charge is -2.37. The molecule has 11 heteroatoms. The van der Waals surface area contributed by atoms with E-state index in [0.717, 1.165) is 5.56 Å². The molecule has 1 amide bonds. The largest absolute Gasteiger partial charge is 0.496 e. The van der Waals surface area contributed by atoms with Crippen molar-refractivity contribution in [3.8, 4) is 11.6 Å². The van der Waals surface area contributed by atoms with Crippen molar-refractivity contribution in [2.45, 2.75) is 25.2 Å². The highest BCUT2D eigenvalue weighted by Gasteiger charge is 2.32. The van der Waals surface area contributed by atoms with Crippen molar-refractivity contribution in [2.24, 2.45) is 0 Å². The zero-order valence-electron chi connectivity index (χ0n) is 19.4. The molecule has 3 rings (SSSR count). The van der Waals surface area contributed by atoms with E-state index in [0.29, 0.717) is 25.3 Å². The van der Waals surface area contributed by atoms with Crippen LogP contribution in [0.1, 0.15) is 22.3 Å². The molecule has 3 N–H and O–H groups in total. The van der Waals surface area contributed by atoms with Crippen LogP contribution in [-0.4, -0.2) is 74.9 Å². The van der Waals surface area contributed by atoms with Gasteiger partial charge in [-0.3, -0.25) is 14.5 Å². The molecule has 1 aliphatic heterocycles. The highest BCUT2D eigenvalue weighted by molar-refractivity contribution is 6.33. The van der Waals surface area contributed by atoms with Gasteiger partial charge in [-0.2, -0.15) is 4.98 Å². The Hall–Kier alpha value is -3.08. The molecule has 0 spiro atoms. The molecular weight excluding hydrogens is 464 g/mol. The number of anilines is 1. The van der Waals surface area contributed by atoms with Crippen LogP contribution in [0.3, 0.4) is 0 Å². The van der Waals surface area contributed by atoms with Crippen LogP contribution in [0.2, 0.25) is 5.02 Å². The number of rotatable bonds is 9. The number of esters is 1. The Morgan fingerprint density at radius 2 is 2.00 bits per heavy atom. The fourth-order valence-electron chi connectivity index (χ4n) is 3.79. The number of carbonyl (C=O) groups is 2. The number of amides is 1. The number of nitrogens with one attached hydrogen (secondary N) is 1. The normalized spacial score (nSPS) is 18.2. The minimum atomic E-state index is -0.400. The van der Waals surface area contributed by atoms with Crippen molar-refractivity contribution in [3.05, 3.63) is 46.5 Å². The predicted molar refractivity (Wildman–Crippen MR) is 126 cm³/mol. The van der Waals surface area contributed by atoms with Crippen LogP contribution in [0, 0.1) is 0 Å². The maximum Gasteiger partial charge on any atom is 0.320 e. The molecule has 0 aliphatic carbocycles.